The maximum atomic E-state index is 14.2. The van der Waals surface area contributed by atoms with Crippen LogP contribution in [0.2, 0.25) is 5.02 Å². The molecule has 2 aliphatic rings. The van der Waals surface area contributed by atoms with Crippen molar-refractivity contribution in [3.05, 3.63) is 58.0 Å². The van der Waals surface area contributed by atoms with Crippen molar-refractivity contribution in [1.82, 2.24) is 19.9 Å². The summed E-state index contributed by atoms with van der Waals surface area (Å²) in [6, 6.07) is 3.47. The van der Waals surface area contributed by atoms with Crippen LogP contribution in [0.5, 0.6) is 0 Å². The number of halogens is 3. The van der Waals surface area contributed by atoms with Crippen LogP contribution in [0.15, 0.2) is 24.4 Å². The Balaban J connectivity index is 1.40. The minimum Gasteiger partial charge on any atom is -0.345 e. The summed E-state index contributed by atoms with van der Waals surface area (Å²) in [6.07, 6.45) is 3.80. The number of benzene rings is 1. The van der Waals surface area contributed by atoms with Crippen molar-refractivity contribution in [1.29, 1.82) is 0 Å². The summed E-state index contributed by atoms with van der Waals surface area (Å²) in [6.45, 7) is 3.72. The molecule has 2 aromatic heterocycles. The Morgan fingerprint density at radius 1 is 1.12 bits per heavy atom. The van der Waals surface area contributed by atoms with Crippen molar-refractivity contribution in [3.8, 4) is 0 Å². The monoisotopic (exact) mass is 459 g/mol. The third kappa shape index (κ3) is 2.83. The van der Waals surface area contributed by atoms with Gasteiger partial charge >= 0.3 is 0 Å². The van der Waals surface area contributed by atoms with Gasteiger partial charge in [0.2, 0.25) is 5.91 Å². The van der Waals surface area contributed by atoms with Gasteiger partial charge in [0, 0.05) is 17.5 Å². The molecule has 0 radical (unpaired) electrons. The molecular formula is C22H20ClF2N5O2. The summed E-state index contributed by atoms with van der Waals surface area (Å²) >= 11 is 5.93. The van der Waals surface area contributed by atoms with Crippen LogP contribution in [-0.2, 0) is 4.79 Å². The Morgan fingerprint density at radius 2 is 1.84 bits per heavy atom. The zero-order chi connectivity index (χ0) is 22.8. The van der Waals surface area contributed by atoms with Gasteiger partial charge in [-0.3, -0.25) is 9.59 Å². The average molecular weight is 460 g/mol. The van der Waals surface area contributed by atoms with Crippen molar-refractivity contribution < 1.29 is 18.4 Å². The molecule has 5 rings (SSSR count). The smallest absolute Gasteiger partial charge is 0.257 e. The van der Waals surface area contributed by atoms with Gasteiger partial charge in [-0.15, -0.1) is 0 Å². The number of hydrogen-bond acceptors (Lipinski definition) is 4. The standard InChI is InChI=1S/C22H20ClF2N5O2/c1-11-7-12(2)30-18(27-11)14(10-26-30)19(31)29-22-5-3-21(22,4-6-22)20(32)28-17-15(23)8-13(24)9-16(17)25/h7-10H,3-6H2,1-2H3,(H,28,32)(H,29,31). The number of rotatable bonds is 4. The molecule has 0 saturated heterocycles. The van der Waals surface area contributed by atoms with Gasteiger partial charge in [0.15, 0.2) is 11.5 Å². The van der Waals surface area contributed by atoms with E-state index in [0.717, 1.165) is 17.5 Å². The number of hydrogen-bond donors (Lipinski definition) is 2. The molecule has 7 nitrogen and oxygen atoms in total. The van der Waals surface area contributed by atoms with Crippen LogP contribution in [-0.4, -0.2) is 32.0 Å². The fourth-order valence-electron chi connectivity index (χ4n) is 5.01. The third-order valence-corrected chi connectivity index (χ3v) is 7.23. The van der Waals surface area contributed by atoms with Gasteiger partial charge in [0.1, 0.15) is 11.4 Å². The lowest BCUT2D eigenvalue weighted by atomic mass is 9.42. The number of nitrogens with one attached hydrogen (secondary N) is 2. The predicted molar refractivity (Wildman–Crippen MR) is 114 cm³/mol. The van der Waals surface area contributed by atoms with Crippen molar-refractivity contribution in [2.45, 2.75) is 45.1 Å². The fourth-order valence-corrected chi connectivity index (χ4v) is 5.25. The van der Waals surface area contributed by atoms with Gasteiger partial charge in [0.25, 0.3) is 5.91 Å². The normalized spacial score (nSPS) is 23.8. The Kier molecular flexibility index (Phi) is 4.53. The van der Waals surface area contributed by atoms with Crippen LogP contribution in [0, 0.1) is 30.9 Å². The lowest BCUT2D eigenvalue weighted by Gasteiger charge is -2.66. The van der Waals surface area contributed by atoms with Crippen LogP contribution >= 0.6 is 11.6 Å². The Bertz CT molecular complexity index is 1270. The van der Waals surface area contributed by atoms with Crippen molar-refractivity contribution in [2.24, 2.45) is 5.41 Å². The minimum atomic E-state index is -0.948. The number of fused-ring (bicyclic) bond motifs is 2. The average Bonchev–Trinajstić information content (AvgIpc) is 3.13. The number of carbonyl (C=O) groups excluding carboxylic acids is 2. The number of carbonyl (C=O) groups is 2. The van der Waals surface area contributed by atoms with E-state index in [1.807, 2.05) is 19.9 Å². The molecule has 2 N–H and O–H groups in total. The first-order valence-corrected chi connectivity index (χ1v) is 10.6. The first-order valence-electron chi connectivity index (χ1n) is 10.3. The number of amides is 2. The van der Waals surface area contributed by atoms with E-state index >= 15 is 0 Å². The van der Waals surface area contributed by atoms with E-state index in [1.54, 1.807) is 4.52 Å². The fraction of sp³-hybridized carbons (Fsp3) is 0.364. The zero-order valence-corrected chi connectivity index (χ0v) is 18.2. The molecule has 1 aromatic carbocycles. The predicted octanol–water partition coefficient (Wildman–Crippen LogP) is 3.96. The molecule has 2 saturated carbocycles. The summed E-state index contributed by atoms with van der Waals surface area (Å²) in [5, 5.41) is 9.58. The summed E-state index contributed by atoms with van der Waals surface area (Å²) in [4.78, 5) is 30.7. The SMILES string of the molecule is Cc1cc(C)n2ncc(C(=O)NC34CCC3(C(=O)Nc3c(F)cc(F)cc3Cl)CC4)c2n1. The highest BCUT2D eigenvalue weighted by Gasteiger charge is 2.70. The second-order valence-electron chi connectivity index (χ2n) is 8.65. The molecular weight excluding hydrogens is 440 g/mol. The molecule has 3 aromatic rings. The highest BCUT2D eigenvalue weighted by molar-refractivity contribution is 6.33. The van der Waals surface area contributed by atoms with Crippen molar-refractivity contribution in [2.75, 3.05) is 5.32 Å². The summed E-state index contributed by atoms with van der Waals surface area (Å²) in [5.41, 5.74) is 0.534. The van der Waals surface area contributed by atoms with E-state index in [-0.39, 0.29) is 16.6 Å². The molecule has 2 fully saturated rings. The number of aryl methyl sites for hydroxylation is 2. The van der Waals surface area contributed by atoms with Gasteiger partial charge in [-0.05, 0) is 51.7 Å². The number of nitrogens with zero attached hydrogens (tertiary/aromatic N) is 3. The van der Waals surface area contributed by atoms with Gasteiger partial charge in [-0.1, -0.05) is 11.6 Å². The summed E-state index contributed by atoms with van der Waals surface area (Å²) < 4.78 is 29.1. The first kappa shape index (κ1) is 20.8. The molecule has 2 amide bonds. The zero-order valence-electron chi connectivity index (χ0n) is 17.4. The highest BCUT2D eigenvalue weighted by Crippen LogP contribution is 2.64. The maximum absolute atomic E-state index is 14.2. The molecule has 0 atom stereocenters. The number of aromatic nitrogens is 3. The quantitative estimate of drug-likeness (QED) is 0.618. The first-order chi connectivity index (χ1) is 15.2. The van der Waals surface area contributed by atoms with E-state index in [1.165, 1.54) is 6.20 Å². The van der Waals surface area contributed by atoms with E-state index in [0.29, 0.717) is 43.0 Å². The second kappa shape index (κ2) is 6.96. The molecule has 0 spiro atoms. The molecule has 10 heteroatoms. The number of anilines is 1. The van der Waals surface area contributed by atoms with Gasteiger partial charge in [-0.2, -0.15) is 5.10 Å². The van der Waals surface area contributed by atoms with Crippen LogP contribution in [0.4, 0.5) is 14.5 Å². The minimum absolute atomic E-state index is 0.219. The molecule has 166 valence electrons. The van der Waals surface area contributed by atoms with E-state index in [4.69, 9.17) is 11.6 Å². The molecule has 0 bridgehead atoms. The van der Waals surface area contributed by atoms with E-state index in [2.05, 4.69) is 20.7 Å². The van der Waals surface area contributed by atoms with Gasteiger partial charge in [-0.25, -0.2) is 18.3 Å². The largest absolute Gasteiger partial charge is 0.345 e. The van der Waals surface area contributed by atoms with Crippen LogP contribution in [0.25, 0.3) is 5.65 Å². The van der Waals surface area contributed by atoms with Crippen LogP contribution < -0.4 is 10.6 Å². The topological polar surface area (TPSA) is 88.4 Å². The molecule has 0 aliphatic heterocycles. The summed E-state index contributed by atoms with van der Waals surface area (Å²) in [7, 11) is 0. The van der Waals surface area contributed by atoms with E-state index < -0.39 is 28.5 Å². The molecule has 0 unspecified atom stereocenters. The summed E-state index contributed by atoms with van der Waals surface area (Å²) in [5.74, 6) is -2.58. The van der Waals surface area contributed by atoms with Crippen molar-refractivity contribution in [3.63, 3.8) is 0 Å². The third-order valence-electron chi connectivity index (χ3n) is 6.93. The Morgan fingerprint density at radius 3 is 2.47 bits per heavy atom. The van der Waals surface area contributed by atoms with E-state index in [9.17, 15) is 18.4 Å². The van der Waals surface area contributed by atoms with Crippen molar-refractivity contribution >= 4 is 34.7 Å². The lowest BCUT2D eigenvalue weighted by Crippen LogP contribution is -2.77. The van der Waals surface area contributed by atoms with Crippen LogP contribution in [0.1, 0.15) is 47.4 Å². The van der Waals surface area contributed by atoms with Gasteiger partial charge in [0.05, 0.1) is 27.9 Å². The second-order valence-corrected chi connectivity index (χ2v) is 9.06. The maximum Gasteiger partial charge on any atom is 0.257 e. The molecule has 2 heterocycles. The molecule has 32 heavy (non-hydrogen) atoms. The van der Waals surface area contributed by atoms with Crippen LogP contribution in [0.3, 0.4) is 0 Å². The lowest BCUT2D eigenvalue weighted by molar-refractivity contribution is -0.161. The Labute approximate surface area is 187 Å². The van der Waals surface area contributed by atoms with Gasteiger partial charge < -0.3 is 10.6 Å². The Hall–Kier alpha value is -3.07. The molecule has 2 aliphatic carbocycles. The highest BCUT2D eigenvalue weighted by atomic mass is 35.5.